The summed E-state index contributed by atoms with van der Waals surface area (Å²) in [6.45, 7) is 14.5. The van der Waals surface area contributed by atoms with Crippen molar-refractivity contribution in [3.63, 3.8) is 0 Å². The molecule has 0 spiro atoms. The second kappa shape index (κ2) is 11.4. The third kappa shape index (κ3) is 4.65. The lowest BCUT2D eigenvalue weighted by molar-refractivity contribution is -0.108. The lowest BCUT2D eigenvalue weighted by Crippen LogP contribution is -2.55. The van der Waals surface area contributed by atoms with Gasteiger partial charge in [-0.2, -0.15) is 0 Å². The van der Waals surface area contributed by atoms with Gasteiger partial charge in [0.05, 0.1) is 8.07 Å². The van der Waals surface area contributed by atoms with Crippen molar-refractivity contribution in [3.05, 3.63) is 138 Å². The molecule has 0 saturated heterocycles. The maximum Gasteiger partial charge on any atom is 0.195 e. The molecule has 0 bridgehead atoms. The summed E-state index contributed by atoms with van der Waals surface area (Å²) in [6, 6.07) is 40.1. The van der Waals surface area contributed by atoms with Crippen LogP contribution < -0.4 is 5.19 Å². The van der Waals surface area contributed by atoms with E-state index in [-0.39, 0.29) is 5.78 Å². The second-order valence-corrected chi connectivity index (χ2v) is 17.8. The van der Waals surface area contributed by atoms with E-state index in [1.54, 1.807) is 0 Å². The molecule has 4 aromatic rings. The van der Waals surface area contributed by atoms with Crippen LogP contribution in [0.1, 0.15) is 63.8 Å². The SMILES string of the molecule is CC(C)[Si](c1ccc(C2=C(c3ccccc3)C(=O)C(c3ccccc3)=C2c2ccccc2)cc1)(C(C)C)C(C)C. The molecule has 5 rings (SSSR count). The van der Waals surface area contributed by atoms with Crippen molar-refractivity contribution in [2.75, 3.05) is 0 Å². The van der Waals surface area contributed by atoms with Crippen molar-refractivity contribution in [1.82, 2.24) is 0 Å². The zero-order valence-corrected chi connectivity index (χ0v) is 25.6. The van der Waals surface area contributed by atoms with Gasteiger partial charge in [-0.1, -0.05) is 162 Å². The fourth-order valence-electron chi connectivity index (χ4n) is 7.47. The smallest absolute Gasteiger partial charge is 0.195 e. The van der Waals surface area contributed by atoms with E-state index in [0.717, 1.165) is 44.5 Å². The van der Waals surface area contributed by atoms with E-state index in [1.165, 1.54) is 5.19 Å². The molecule has 202 valence electrons. The van der Waals surface area contributed by atoms with Crippen LogP contribution >= 0.6 is 0 Å². The normalized spacial score (nSPS) is 14.3. The Bertz CT molecular complexity index is 1520. The second-order valence-electron chi connectivity index (χ2n) is 11.9. The van der Waals surface area contributed by atoms with Gasteiger partial charge in [-0.25, -0.2) is 0 Å². The van der Waals surface area contributed by atoms with Gasteiger partial charge in [0.2, 0.25) is 0 Å². The average Bonchev–Trinajstić information content (AvgIpc) is 3.27. The molecule has 0 aliphatic heterocycles. The molecule has 0 saturated carbocycles. The van der Waals surface area contributed by atoms with Crippen LogP contribution in [-0.4, -0.2) is 13.9 Å². The highest BCUT2D eigenvalue weighted by atomic mass is 28.3. The minimum Gasteiger partial charge on any atom is -0.289 e. The van der Waals surface area contributed by atoms with E-state index in [9.17, 15) is 4.79 Å². The highest BCUT2D eigenvalue weighted by Gasteiger charge is 2.44. The lowest BCUT2D eigenvalue weighted by atomic mass is 9.89. The van der Waals surface area contributed by atoms with Gasteiger partial charge >= 0.3 is 0 Å². The van der Waals surface area contributed by atoms with E-state index in [0.29, 0.717) is 16.6 Å². The summed E-state index contributed by atoms with van der Waals surface area (Å²) in [5.74, 6) is 0.0885. The van der Waals surface area contributed by atoms with Crippen LogP contribution in [0.5, 0.6) is 0 Å². The van der Waals surface area contributed by atoms with Gasteiger partial charge in [0.25, 0.3) is 0 Å². The number of allylic oxidation sites excluding steroid dienone is 4. The summed E-state index contributed by atoms with van der Waals surface area (Å²) in [7, 11) is -1.80. The van der Waals surface area contributed by atoms with Gasteiger partial charge in [0, 0.05) is 22.3 Å². The molecule has 0 N–H and O–H groups in total. The number of benzene rings is 4. The Hall–Kier alpha value is -3.75. The first-order valence-corrected chi connectivity index (χ1v) is 16.8. The standard InChI is InChI=1S/C38H40OSi/c1-26(2)40(27(3)4,28(5)6)33-24-22-32(23-25-33)35-34(29-16-10-7-11-17-29)36(30-18-12-8-13-19-30)38(39)37(35)31-20-14-9-15-21-31/h7-28H,1-6H3. The number of hydrogen-bond acceptors (Lipinski definition) is 1. The van der Waals surface area contributed by atoms with E-state index in [4.69, 9.17) is 0 Å². The van der Waals surface area contributed by atoms with Crippen molar-refractivity contribution >= 4 is 41.3 Å². The molecular formula is C38H40OSi. The number of hydrogen-bond donors (Lipinski definition) is 0. The first kappa shape index (κ1) is 27.8. The maximum absolute atomic E-state index is 14.5. The lowest BCUT2D eigenvalue weighted by Gasteiger charge is -2.43. The van der Waals surface area contributed by atoms with Crippen LogP contribution in [0.4, 0.5) is 0 Å². The predicted octanol–water partition coefficient (Wildman–Crippen LogP) is 9.68. The Balaban J connectivity index is 1.79. The first-order valence-electron chi connectivity index (χ1n) is 14.6. The Labute approximate surface area is 241 Å². The summed E-state index contributed by atoms with van der Waals surface area (Å²) in [5.41, 5.74) is 9.58. The molecule has 0 atom stereocenters. The third-order valence-electron chi connectivity index (χ3n) is 8.93. The van der Waals surface area contributed by atoms with Crippen LogP contribution in [-0.2, 0) is 4.79 Å². The van der Waals surface area contributed by atoms with E-state index < -0.39 is 8.07 Å². The Morgan fingerprint density at radius 2 is 0.700 bits per heavy atom. The van der Waals surface area contributed by atoms with Crippen molar-refractivity contribution in [2.45, 2.75) is 58.2 Å². The van der Waals surface area contributed by atoms with Gasteiger partial charge in [-0.05, 0) is 38.9 Å². The van der Waals surface area contributed by atoms with Crippen LogP contribution in [0.25, 0.3) is 22.3 Å². The number of ketones is 1. The van der Waals surface area contributed by atoms with Crippen molar-refractivity contribution in [3.8, 4) is 0 Å². The van der Waals surface area contributed by atoms with Crippen molar-refractivity contribution < 1.29 is 4.79 Å². The van der Waals surface area contributed by atoms with Gasteiger partial charge in [0.1, 0.15) is 0 Å². The molecule has 0 aromatic heterocycles. The van der Waals surface area contributed by atoms with Crippen molar-refractivity contribution in [2.24, 2.45) is 0 Å². The topological polar surface area (TPSA) is 17.1 Å². The molecule has 40 heavy (non-hydrogen) atoms. The van der Waals surface area contributed by atoms with Crippen LogP contribution in [0, 0.1) is 0 Å². The highest BCUT2D eigenvalue weighted by molar-refractivity contribution is 6.95. The Morgan fingerprint density at radius 1 is 0.400 bits per heavy atom. The zero-order chi connectivity index (χ0) is 28.4. The van der Waals surface area contributed by atoms with E-state index >= 15 is 0 Å². The molecule has 0 fully saturated rings. The van der Waals surface area contributed by atoms with E-state index in [2.05, 4.69) is 114 Å². The van der Waals surface area contributed by atoms with Crippen LogP contribution in [0.2, 0.25) is 16.6 Å². The summed E-state index contributed by atoms with van der Waals surface area (Å²) >= 11 is 0. The van der Waals surface area contributed by atoms with E-state index in [1.807, 2.05) is 42.5 Å². The molecule has 1 nitrogen and oxygen atoms in total. The molecular weight excluding hydrogens is 501 g/mol. The molecule has 1 aliphatic carbocycles. The largest absolute Gasteiger partial charge is 0.289 e. The number of Topliss-reactive ketones (excluding diaryl/α,β-unsaturated/α-hetero) is 1. The average molecular weight is 541 g/mol. The monoisotopic (exact) mass is 540 g/mol. The summed E-state index contributed by atoms with van der Waals surface area (Å²) in [5, 5.41) is 1.51. The summed E-state index contributed by atoms with van der Waals surface area (Å²) in [6.07, 6.45) is 0. The molecule has 0 amide bonds. The molecule has 0 unspecified atom stereocenters. The fraction of sp³-hybridized carbons (Fsp3) is 0.237. The quantitative estimate of drug-likeness (QED) is 0.203. The fourth-order valence-corrected chi connectivity index (χ4v) is 14.2. The summed E-state index contributed by atoms with van der Waals surface area (Å²) < 4.78 is 0. The molecule has 0 radical (unpaired) electrons. The van der Waals surface area contributed by atoms with Crippen LogP contribution in [0.3, 0.4) is 0 Å². The number of carbonyl (C=O) groups is 1. The molecule has 0 heterocycles. The minimum atomic E-state index is -1.80. The van der Waals surface area contributed by atoms with Crippen molar-refractivity contribution in [1.29, 1.82) is 0 Å². The first-order chi connectivity index (χ1) is 19.3. The van der Waals surface area contributed by atoms with Gasteiger partial charge in [-0.15, -0.1) is 0 Å². The number of rotatable bonds is 8. The maximum atomic E-state index is 14.5. The minimum absolute atomic E-state index is 0.0885. The Morgan fingerprint density at radius 3 is 1.02 bits per heavy atom. The highest BCUT2D eigenvalue weighted by Crippen LogP contribution is 2.50. The Kier molecular flexibility index (Phi) is 7.92. The third-order valence-corrected chi connectivity index (χ3v) is 16.0. The van der Waals surface area contributed by atoms with Crippen LogP contribution in [0.15, 0.2) is 115 Å². The van der Waals surface area contributed by atoms with Gasteiger partial charge in [-0.3, -0.25) is 4.79 Å². The molecule has 4 aromatic carbocycles. The molecule has 2 heteroatoms. The zero-order valence-electron chi connectivity index (χ0n) is 24.6. The van der Waals surface area contributed by atoms with Gasteiger partial charge in [0.15, 0.2) is 5.78 Å². The molecule has 1 aliphatic rings. The predicted molar refractivity (Wildman–Crippen MR) is 175 cm³/mol. The summed E-state index contributed by atoms with van der Waals surface area (Å²) in [4.78, 5) is 14.5. The number of carbonyl (C=O) groups excluding carboxylic acids is 1. The van der Waals surface area contributed by atoms with Gasteiger partial charge < -0.3 is 0 Å².